The normalized spacial score (nSPS) is 10.8. The lowest BCUT2D eigenvalue weighted by atomic mass is 10.2. The first-order valence-corrected chi connectivity index (χ1v) is 10.6. The molecule has 6 nitrogen and oxygen atoms in total. The number of hydrogen-bond donors (Lipinski definition) is 2. The molecule has 2 amide bonds. The van der Waals surface area contributed by atoms with E-state index in [2.05, 4.69) is 15.8 Å². The van der Waals surface area contributed by atoms with Gasteiger partial charge in [0, 0.05) is 23.6 Å². The number of hydrogen-bond acceptors (Lipinski definition) is 4. The first kappa shape index (κ1) is 23.9. The van der Waals surface area contributed by atoms with Crippen LogP contribution in [0.15, 0.2) is 71.8 Å². The largest absolute Gasteiger partial charge is 0.489 e. The van der Waals surface area contributed by atoms with E-state index in [0.717, 1.165) is 16.7 Å². The molecule has 3 rings (SSSR count). The van der Waals surface area contributed by atoms with Gasteiger partial charge in [-0.2, -0.15) is 5.10 Å². The summed E-state index contributed by atoms with van der Waals surface area (Å²) in [7, 11) is 0. The summed E-state index contributed by atoms with van der Waals surface area (Å²) in [5.74, 6) is -0.292. The Hall–Kier alpha value is -3.71. The Kier molecular flexibility index (Phi) is 8.55. The van der Waals surface area contributed by atoms with E-state index in [1.54, 1.807) is 48.5 Å². The lowest BCUT2D eigenvalue weighted by molar-refractivity contribution is -0.124. The van der Waals surface area contributed by atoms with Crippen LogP contribution >= 0.6 is 11.6 Å². The molecule has 2 N–H and O–H groups in total. The van der Waals surface area contributed by atoms with Crippen molar-refractivity contribution in [1.29, 1.82) is 0 Å². The molecule has 33 heavy (non-hydrogen) atoms. The summed E-state index contributed by atoms with van der Waals surface area (Å²) in [4.78, 5) is 23.9. The van der Waals surface area contributed by atoms with Gasteiger partial charge in [-0.05, 0) is 72.1 Å². The van der Waals surface area contributed by atoms with E-state index in [-0.39, 0.29) is 30.5 Å². The fraction of sp³-hybridized carbons (Fsp3) is 0.160. The predicted octanol–water partition coefficient (Wildman–Crippen LogP) is 5.24. The Labute approximate surface area is 196 Å². The number of ether oxygens (including phenoxy) is 1. The molecule has 8 heteroatoms. The van der Waals surface area contributed by atoms with E-state index in [0.29, 0.717) is 23.1 Å². The zero-order valence-electron chi connectivity index (χ0n) is 18.0. The molecule has 0 aliphatic heterocycles. The number of benzene rings is 3. The van der Waals surface area contributed by atoms with E-state index < -0.39 is 0 Å². The van der Waals surface area contributed by atoms with Crippen LogP contribution in [0.2, 0.25) is 5.02 Å². The minimum absolute atomic E-state index is 0.00106. The zero-order valence-corrected chi connectivity index (χ0v) is 18.7. The average molecular weight is 468 g/mol. The number of carbonyl (C=O) groups excluding carboxylic acids is 2. The second-order valence-corrected chi connectivity index (χ2v) is 7.70. The summed E-state index contributed by atoms with van der Waals surface area (Å²) >= 11 is 6.04. The summed E-state index contributed by atoms with van der Waals surface area (Å²) in [6.07, 6.45) is 1.52. The van der Waals surface area contributed by atoms with Gasteiger partial charge in [0.2, 0.25) is 11.8 Å². The lowest BCUT2D eigenvalue weighted by Crippen LogP contribution is -2.20. The van der Waals surface area contributed by atoms with E-state index in [1.807, 2.05) is 13.0 Å². The van der Waals surface area contributed by atoms with E-state index >= 15 is 0 Å². The van der Waals surface area contributed by atoms with E-state index in [4.69, 9.17) is 16.3 Å². The molecule has 0 saturated carbocycles. The molecular formula is C25H23ClFN3O3. The highest BCUT2D eigenvalue weighted by atomic mass is 35.5. The molecule has 0 unspecified atom stereocenters. The molecule has 0 radical (unpaired) electrons. The Bertz CT molecular complexity index is 1130. The van der Waals surface area contributed by atoms with Crippen LogP contribution in [0.5, 0.6) is 5.75 Å². The van der Waals surface area contributed by atoms with Gasteiger partial charge >= 0.3 is 0 Å². The molecule has 0 aromatic heterocycles. The quantitative estimate of drug-likeness (QED) is 0.334. The third kappa shape index (κ3) is 8.05. The van der Waals surface area contributed by atoms with E-state index in [9.17, 15) is 14.0 Å². The molecule has 0 heterocycles. The van der Waals surface area contributed by atoms with Gasteiger partial charge in [0.05, 0.1) is 6.21 Å². The van der Waals surface area contributed by atoms with Crippen molar-refractivity contribution in [1.82, 2.24) is 5.43 Å². The number of anilines is 1. The highest BCUT2D eigenvalue weighted by Crippen LogP contribution is 2.20. The van der Waals surface area contributed by atoms with Crippen LogP contribution in [0, 0.1) is 12.7 Å². The summed E-state index contributed by atoms with van der Waals surface area (Å²) in [6, 6.07) is 18.5. The Balaban J connectivity index is 1.38. The lowest BCUT2D eigenvalue weighted by Gasteiger charge is -2.07. The van der Waals surface area contributed by atoms with Gasteiger partial charge in [0.25, 0.3) is 0 Å². The average Bonchev–Trinajstić information content (AvgIpc) is 2.81. The zero-order chi connectivity index (χ0) is 23.6. The molecule has 0 fully saturated rings. The number of hydrazone groups is 1. The number of amides is 2. The van der Waals surface area contributed by atoms with Crippen molar-refractivity contribution in [3.05, 3.63) is 94.3 Å². The van der Waals surface area contributed by atoms with Crippen LogP contribution < -0.4 is 15.5 Å². The molecule has 0 atom stereocenters. The van der Waals surface area contributed by atoms with Crippen LogP contribution in [-0.2, 0) is 16.2 Å². The minimum Gasteiger partial charge on any atom is -0.489 e. The Morgan fingerprint density at radius 1 is 1.00 bits per heavy atom. The Morgan fingerprint density at radius 3 is 2.39 bits per heavy atom. The molecule has 3 aromatic rings. The number of nitrogens with one attached hydrogen (secondary N) is 2. The van der Waals surface area contributed by atoms with Crippen LogP contribution in [-0.4, -0.2) is 18.0 Å². The summed E-state index contributed by atoms with van der Waals surface area (Å²) < 4.78 is 18.6. The number of rotatable bonds is 9. The van der Waals surface area contributed by atoms with Gasteiger partial charge in [-0.3, -0.25) is 9.59 Å². The fourth-order valence-electron chi connectivity index (χ4n) is 2.75. The Morgan fingerprint density at radius 2 is 1.70 bits per heavy atom. The molecule has 0 spiro atoms. The molecule has 0 bridgehead atoms. The monoisotopic (exact) mass is 467 g/mol. The minimum atomic E-state index is -0.373. The maximum absolute atomic E-state index is 12.9. The summed E-state index contributed by atoms with van der Waals surface area (Å²) in [6.45, 7) is 2.20. The van der Waals surface area contributed by atoms with Crippen LogP contribution in [0.4, 0.5) is 10.1 Å². The van der Waals surface area contributed by atoms with Crippen LogP contribution in [0.3, 0.4) is 0 Å². The maximum atomic E-state index is 12.9. The first-order valence-electron chi connectivity index (χ1n) is 10.2. The molecule has 170 valence electrons. The number of aryl methyl sites for hydroxylation is 1. The van der Waals surface area contributed by atoms with Crippen molar-refractivity contribution in [3.63, 3.8) is 0 Å². The highest BCUT2D eigenvalue weighted by molar-refractivity contribution is 6.31. The number of halogens is 2. The smallest absolute Gasteiger partial charge is 0.240 e. The number of nitrogens with zero attached hydrogens (tertiary/aromatic N) is 1. The second-order valence-electron chi connectivity index (χ2n) is 7.29. The third-order valence-electron chi connectivity index (χ3n) is 4.64. The van der Waals surface area contributed by atoms with Gasteiger partial charge in [-0.15, -0.1) is 0 Å². The van der Waals surface area contributed by atoms with Gasteiger partial charge in [0.15, 0.2) is 0 Å². The summed E-state index contributed by atoms with van der Waals surface area (Å²) in [5, 5.41) is 7.17. The second kappa shape index (κ2) is 11.8. The first-order chi connectivity index (χ1) is 15.9. The molecule has 0 aliphatic rings. The topological polar surface area (TPSA) is 79.8 Å². The standard InChI is InChI=1S/C25H23ClFN3O3/c1-17-2-9-21(14-23(17)26)29-24(31)12-13-25(32)30-28-15-18-5-10-22(11-6-18)33-16-19-3-7-20(27)8-4-19/h2-11,14-15H,12-13,16H2,1H3,(H,29,31)(H,30,32). The predicted molar refractivity (Wildman–Crippen MR) is 127 cm³/mol. The van der Waals surface area contributed by atoms with Crippen molar-refractivity contribution in [2.45, 2.75) is 26.4 Å². The maximum Gasteiger partial charge on any atom is 0.240 e. The summed E-state index contributed by atoms with van der Waals surface area (Å²) in [5.41, 5.74) is 5.52. The van der Waals surface area contributed by atoms with E-state index in [1.165, 1.54) is 18.3 Å². The van der Waals surface area contributed by atoms with Gasteiger partial charge in [-0.1, -0.05) is 29.8 Å². The SMILES string of the molecule is Cc1ccc(NC(=O)CCC(=O)NN=Cc2ccc(OCc3ccc(F)cc3)cc2)cc1Cl. The molecule has 0 saturated heterocycles. The van der Waals surface area contributed by atoms with Crippen LogP contribution in [0.1, 0.15) is 29.5 Å². The van der Waals surface area contributed by atoms with Crippen LogP contribution in [0.25, 0.3) is 0 Å². The molecule has 0 aliphatic carbocycles. The van der Waals surface area contributed by atoms with Crippen molar-refractivity contribution in [2.75, 3.05) is 5.32 Å². The van der Waals surface area contributed by atoms with Crippen molar-refractivity contribution >= 4 is 35.3 Å². The molecule has 3 aromatic carbocycles. The van der Waals surface area contributed by atoms with Crippen molar-refractivity contribution < 1.29 is 18.7 Å². The van der Waals surface area contributed by atoms with Gasteiger partial charge in [0.1, 0.15) is 18.2 Å². The third-order valence-corrected chi connectivity index (χ3v) is 5.04. The van der Waals surface area contributed by atoms with Gasteiger partial charge in [-0.25, -0.2) is 9.82 Å². The highest BCUT2D eigenvalue weighted by Gasteiger charge is 2.07. The van der Waals surface area contributed by atoms with Gasteiger partial charge < -0.3 is 10.1 Å². The van der Waals surface area contributed by atoms with Crippen molar-refractivity contribution in [3.8, 4) is 5.75 Å². The van der Waals surface area contributed by atoms with Crippen molar-refractivity contribution in [2.24, 2.45) is 5.10 Å². The fourth-order valence-corrected chi connectivity index (χ4v) is 2.93. The number of carbonyl (C=O) groups is 2. The molecular weight excluding hydrogens is 445 g/mol.